The number of hydrogen-bond acceptors (Lipinski definition) is 4. The topological polar surface area (TPSA) is 70.2 Å². The van der Waals surface area contributed by atoms with Gasteiger partial charge in [0.25, 0.3) is 0 Å². The van der Waals surface area contributed by atoms with Crippen LogP contribution in [0.15, 0.2) is 54.6 Å². The Balaban J connectivity index is 1.43. The van der Waals surface area contributed by atoms with Crippen LogP contribution in [0.2, 0.25) is 0 Å². The molecule has 160 valence electrons. The zero-order valence-corrected chi connectivity index (χ0v) is 17.1. The van der Waals surface area contributed by atoms with Gasteiger partial charge in [0.05, 0.1) is 11.4 Å². The van der Waals surface area contributed by atoms with Gasteiger partial charge in [-0.1, -0.05) is 19.1 Å². The first-order valence-corrected chi connectivity index (χ1v) is 10.2. The minimum absolute atomic E-state index is 0.234. The molecule has 0 saturated carbocycles. The third-order valence-corrected chi connectivity index (χ3v) is 5.35. The van der Waals surface area contributed by atoms with Crippen molar-refractivity contribution in [1.82, 2.24) is 10.2 Å². The van der Waals surface area contributed by atoms with Crippen LogP contribution in [0.4, 0.5) is 30.8 Å². The first kappa shape index (κ1) is 20.7. The lowest BCUT2D eigenvalue weighted by atomic mass is 9.99. The molecule has 1 aromatic heterocycles. The molecular weight excluding hydrogens is 400 g/mol. The number of amides is 2. The number of piperidine rings is 1. The second-order valence-electron chi connectivity index (χ2n) is 7.73. The molecule has 2 heterocycles. The predicted molar refractivity (Wildman–Crippen MR) is 117 cm³/mol. The Bertz CT molecular complexity index is 1070. The van der Waals surface area contributed by atoms with Crippen LogP contribution in [0.1, 0.15) is 19.8 Å². The number of anilines is 3. The zero-order chi connectivity index (χ0) is 21.8. The summed E-state index contributed by atoms with van der Waals surface area (Å²) in [6.07, 6.45) is 2.30. The Kier molecular flexibility index (Phi) is 6.06. The van der Waals surface area contributed by atoms with Gasteiger partial charge in [-0.05, 0) is 55.2 Å². The number of carbonyl (C=O) groups is 1. The van der Waals surface area contributed by atoms with E-state index >= 15 is 0 Å². The van der Waals surface area contributed by atoms with Gasteiger partial charge in [-0.25, -0.2) is 13.6 Å². The Morgan fingerprint density at radius 1 is 1.00 bits per heavy atom. The molecule has 0 bridgehead atoms. The van der Waals surface area contributed by atoms with Crippen molar-refractivity contribution in [2.45, 2.75) is 19.8 Å². The minimum Gasteiger partial charge on any atom is -0.355 e. The molecule has 4 rings (SSSR count). The van der Waals surface area contributed by atoms with Crippen molar-refractivity contribution in [3.8, 4) is 11.3 Å². The van der Waals surface area contributed by atoms with Gasteiger partial charge in [-0.2, -0.15) is 0 Å². The fourth-order valence-corrected chi connectivity index (χ4v) is 3.52. The number of benzene rings is 2. The van der Waals surface area contributed by atoms with Gasteiger partial charge in [-0.15, -0.1) is 10.2 Å². The predicted octanol–water partition coefficient (Wildman–Crippen LogP) is 5.30. The lowest BCUT2D eigenvalue weighted by Gasteiger charge is -2.30. The highest BCUT2D eigenvalue weighted by Crippen LogP contribution is 2.24. The van der Waals surface area contributed by atoms with E-state index in [0.717, 1.165) is 61.4 Å². The Morgan fingerprint density at radius 3 is 2.55 bits per heavy atom. The molecule has 2 amide bonds. The van der Waals surface area contributed by atoms with E-state index in [-0.39, 0.29) is 5.69 Å². The number of rotatable bonds is 4. The summed E-state index contributed by atoms with van der Waals surface area (Å²) in [5.41, 5.74) is 1.71. The third kappa shape index (κ3) is 5.14. The molecule has 0 spiro atoms. The Hall–Kier alpha value is -3.55. The molecular formula is C23H23F2N5O. The molecule has 0 atom stereocenters. The average Bonchev–Trinajstić information content (AvgIpc) is 2.77. The van der Waals surface area contributed by atoms with E-state index < -0.39 is 17.7 Å². The SMILES string of the molecule is CC1CCN(c2ccc(-c3cccc(NC(=O)Nc4cc(F)ccc4F)c3)nn2)CC1. The molecule has 3 aromatic rings. The average molecular weight is 423 g/mol. The number of carbonyl (C=O) groups excluding carboxylic acids is 1. The van der Waals surface area contributed by atoms with Crippen LogP contribution in [0.5, 0.6) is 0 Å². The molecule has 2 N–H and O–H groups in total. The van der Waals surface area contributed by atoms with Gasteiger partial charge in [0.15, 0.2) is 5.82 Å². The monoisotopic (exact) mass is 423 g/mol. The number of urea groups is 1. The largest absolute Gasteiger partial charge is 0.355 e. The van der Waals surface area contributed by atoms with E-state index in [4.69, 9.17) is 0 Å². The second kappa shape index (κ2) is 9.07. The number of nitrogens with one attached hydrogen (secondary N) is 2. The fraction of sp³-hybridized carbons (Fsp3) is 0.261. The lowest BCUT2D eigenvalue weighted by molar-refractivity contribution is 0.262. The molecule has 1 saturated heterocycles. The van der Waals surface area contributed by atoms with E-state index in [2.05, 4.69) is 32.7 Å². The maximum absolute atomic E-state index is 13.7. The molecule has 6 nitrogen and oxygen atoms in total. The fourth-order valence-electron chi connectivity index (χ4n) is 3.52. The Morgan fingerprint density at radius 2 is 1.81 bits per heavy atom. The van der Waals surface area contributed by atoms with Gasteiger partial charge in [0, 0.05) is 30.4 Å². The summed E-state index contributed by atoms with van der Waals surface area (Å²) in [6.45, 7) is 4.23. The summed E-state index contributed by atoms with van der Waals surface area (Å²) >= 11 is 0. The van der Waals surface area contributed by atoms with Crippen molar-refractivity contribution in [1.29, 1.82) is 0 Å². The van der Waals surface area contributed by atoms with Gasteiger partial charge in [-0.3, -0.25) is 0 Å². The van der Waals surface area contributed by atoms with Crippen molar-refractivity contribution in [3.05, 3.63) is 66.2 Å². The van der Waals surface area contributed by atoms with Crippen molar-refractivity contribution in [3.63, 3.8) is 0 Å². The molecule has 8 heteroatoms. The highest BCUT2D eigenvalue weighted by molar-refractivity contribution is 6.00. The number of aromatic nitrogens is 2. The first-order valence-electron chi connectivity index (χ1n) is 10.2. The number of nitrogens with zero attached hydrogens (tertiary/aromatic N) is 3. The van der Waals surface area contributed by atoms with Crippen LogP contribution in [0, 0.1) is 17.6 Å². The van der Waals surface area contributed by atoms with Gasteiger partial charge in [0.2, 0.25) is 0 Å². The van der Waals surface area contributed by atoms with E-state index in [1.807, 2.05) is 18.2 Å². The molecule has 1 fully saturated rings. The molecule has 31 heavy (non-hydrogen) atoms. The zero-order valence-electron chi connectivity index (χ0n) is 17.1. The highest BCUT2D eigenvalue weighted by atomic mass is 19.1. The van der Waals surface area contributed by atoms with Crippen LogP contribution in [-0.2, 0) is 0 Å². The highest BCUT2D eigenvalue weighted by Gasteiger charge is 2.17. The summed E-state index contributed by atoms with van der Waals surface area (Å²) in [7, 11) is 0. The molecule has 0 unspecified atom stereocenters. The van der Waals surface area contributed by atoms with Crippen molar-refractivity contribution in [2.75, 3.05) is 28.6 Å². The van der Waals surface area contributed by atoms with Crippen molar-refractivity contribution in [2.24, 2.45) is 5.92 Å². The van der Waals surface area contributed by atoms with E-state index in [9.17, 15) is 13.6 Å². The van der Waals surface area contributed by atoms with Crippen molar-refractivity contribution >= 4 is 23.2 Å². The lowest BCUT2D eigenvalue weighted by Crippen LogP contribution is -2.33. The molecule has 2 aromatic carbocycles. The Labute approximate surface area is 179 Å². The summed E-state index contributed by atoms with van der Waals surface area (Å²) in [6, 6.07) is 13.1. The van der Waals surface area contributed by atoms with Crippen LogP contribution in [0.25, 0.3) is 11.3 Å². The van der Waals surface area contributed by atoms with E-state index in [0.29, 0.717) is 11.4 Å². The van der Waals surface area contributed by atoms with Crippen molar-refractivity contribution < 1.29 is 13.6 Å². The first-order chi connectivity index (χ1) is 15.0. The maximum Gasteiger partial charge on any atom is 0.323 e. The molecule has 1 aliphatic rings. The number of hydrogen-bond donors (Lipinski definition) is 2. The normalized spacial score (nSPS) is 14.4. The molecule has 0 radical (unpaired) electrons. The second-order valence-corrected chi connectivity index (χ2v) is 7.73. The summed E-state index contributed by atoms with van der Waals surface area (Å²) in [4.78, 5) is 14.4. The molecule has 0 aliphatic carbocycles. The maximum atomic E-state index is 13.7. The standard InChI is InChI=1S/C23H23F2N5O/c1-15-9-11-30(12-10-15)22-8-7-20(28-29-22)16-3-2-4-18(13-16)26-23(31)27-21-14-17(24)5-6-19(21)25/h2-8,13-15H,9-12H2,1H3,(H2,26,27,31). The van der Waals surface area contributed by atoms with Gasteiger partial charge in [0.1, 0.15) is 11.6 Å². The third-order valence-electron chi connectivity index (χ3n) is 5.35. The van der Waals surface area contributed by atoms with Crippen LogP contribution >= 0.6 is 0 Å². The smallest absolute Gasteiger partial charge is 0.323 e. The quantitative estimate of drug-likeness (QED) is 0.597. The van der Waals surface area contributed by atoms with Crippen LogP contribution in [-0.4, -0.2) is 29.3 Å². The van der Waals surface area contributed by atoms with Crippen LogP contribution < -0.4 is 15.5 Å². The van der Waals surface area contributed by atoms with Gasteiger partial charge < -0.3 is 15.5 Å². The summed E-state index contributed by atoms with van der Waals surface area (Å²) in [5, 5.41) is 13.6. The summed E-state index contributed by atoms with van der Waals surface area (Å²) < 4.78 is 27.0. The van der Waals surface area contributed by atoms with E-state index in [1.165, 1.54) is 0 Å². The van der Waals surface area contributed by atoms with Crippen LogP contribution in [0.3, 0.4) is 0 Å². The van der Waals surface area contributed by atoms with Gasteiger partial charge >= 0.3 is 6.03 Å². The van der Waals surface area contributed by atoms with E-state index in [1.54, 1.807) is 18.2 Å². The minimum atomic E-state index is -0.719. The molecule has 1 aliphatic heterocycles. The number of halogens is 2. The summed E-state index contributed by atoms with van der Waals surface area (Å²) in [5.74, 6) is 0.248.